The Balaban J connectivity index is 2.09. The van der Waals surface area contributed by atoms with Crippen LogP contribution in [0.15, 0.2) is 23.1 Å². The average molecular weight is 431 g/mol. The second-order valence-corrected chi connectivity index (χ2v) is 8.99. The third-order valence-electron chi connectivity index (χ3n) is 4.43. The molecular formula is C17H22N2O7S2. The maximum Gasteiger partial charge on any atom is 0.326 e. The number of carboxylic acid groups (broad SMARTS) is 1. The quantitative estimate of drug-likeness (QED) is 0.650. The van der Waals surface area contributed by atoms with Gasteiger partial charge in [0.05, 0.1) is 17.6 Å². The summed E-state index contributed by atoms with van der Waals surface area (Å²) < 4.78 is 28.1. The number of amides is 1. The molecule has 11 heteroatoms. The molecule has 0 bridgehead atoms. The number of likely N-dealkylation sites (tertiary alicyclic amines) is 1. The molecule has 0 aromatic heterocycles. The van der Waals surface area contributed by atoms with Crippen LogP contribution in [0.2, 0.25) is 0 Å². The summed E-state index contributed by atoms with van der Waals surface area (Å²) >= 11 is 0.834. The lowest BCUT2D eigenvalue weighted by molar-refractivity contribution is -0.149. The number of nitrogens with two attached hydrogens (primary N) is 1. The number of carbonyl (C=O) groups is 3. The molecule has 1 aromatic rings. The molecule has 2 rings (SSSR count). The van der Waals surface area contributed by atoms with Gasteiger partial charge in [-0.2, -0.15) is 0 Å². The van der Waals surface area contributed by atoms with E-state index in [9.17, 15) is 27.9 Å². The molecule has 1 heterocycles. The molecule has 28 heavy (non-hydrogen) atoms. The van der Waals surface area contributed by atoms with Gasteiger partial charge < -0.3 is 14.7 Å². The Morgan fingerprint density at radius 3 is 2.64 bits per heavy atom. The second kappa shape index (κ2) is 8.93. The number of rotatable bonds is 7. The lowest BCUT2D eigenvalue weighted by Gasteiger charge is -2.24. The van der Waals surface area contributed by atoms with Gasteiger partial charge in [0.15, 0.2) is 0 Å². The van der Waals surface area contributed by atoms with Gasteiger partial charge >= 0.3 is 5.97 Å². The van der Waals surface area contributed by atoms with Crippen molar-refractivity contribution in [2.45, 2.75) is 30.7 Å². The Morgan fingerprint density at radius 2 is 2.07 bits per heavy atom. The van der Waals surface area contributed by atoms with Gasteiger partial charge in [-0.3, -0.25) is 9.59 Å². The predicted molar refractivity (Wildman–Crippen MR) is 103 cm³/mol. The summed E-state index contributed by atoms with van der Waals surface area (Å²) in [6.45, 7) is 2.00. The number of benzene rings is 1. The molecule has 1 aromatic carbocycles. The van der Waals surface area contributed by atoms with Gasteiger partial charge in [-0.15, -0.1) is 0 Å². The van der Waals surface area contributed by atoms with Crippen LogP contribution >= 0.6 is 11.8 Å². The zero-order valence-corrected chi connectivity index (χ0v) is 17.1. The first-order chi connectivity index (χ1) is 13.1. The summed E-state index contributed by atoms with van der Waals surface area (Å²) in [5.74, 6) is -1.64. The average Bonchev–Trinajstić information content (AvgIpc) is 3.13. The smallest absolute Gasteiger partial charge is 0.326 e. The van der Waals surface area contributed by atoms with Crippen molar-refractivity contribution in [3.05, 3.63) is 23.8 Å². The summed E-state index contributed by atoms with van der Waals surface area (Å²) in [5.41, 5.74) is 0.0308. The normalized spacial score (nSPS) is 18.0. The highest BCUT2D eigenvalue weighted by Gasteiger charge is 2.36. The second-order valence-electron chi connectivity index (χ2n) is 6.43. The first-order valence-corrected chi connectivity index (χ1v) is 11.0. The SMILES string of the molecule is COc1ccc(S(N)(=O)=O)cc1C(=O)SCC(C)C(=O)N1CCC[C@H]1C(=O)O. The number of thioether (sulfide) groups is 1. The number of aliphatic carboxylic acids is 1. The van der Waals surface area contributed by atoms with Crippen LogP contribution in [-0.2, 0) is 19.6 Å². The van der Waals surface area contributed by atoms with Crippen LogP contribution in [-0.4, -0.2) is 60.9 Å². The zero-order valence-electron chi connectivity index (χ0n) is 15.5. The first kappa shape index (κ1) is 22.2. The van der Waals surface area contributed by atoms with Crippen LogP contribution in [0.3, 0.4) is 0 Å². The monoisotopic (exact) mass is 430 g/mol. The minimum Gasteiger partial charge on any atom is -0.496 e. The topological polar surface area (TPSA) is 144 Å². The van der Waals surface area contributed by atoms with Gasteiger partial charge in [0, 0.05) is 18.2 Å². The third-order valence-corrected chi connectivity index (χ3v) is 6.49. The number of nitrogens with zero attached hydrogens (tertiary/aromatic N) is 1. The van der Waals surface area contributed by atoms with Crippen LogP contribution in [0.1, 0.15) is 30.1 Å². The highest BCUT2D eigenvalue weighted by molar-refractivity contribution is 8.14. The van der Waals surface area contributed by atoms with Crippen LogP contribution in [0.4, 0.5) is 0 Å². The van der Waals surface area contributed by atoms with Crippen LogP contribution in [0.25, 0.3) is 0 Å². The van der Waals surface area contributed by atoms with Crippen LogP contribution in [0, 0.1) is 5.92 Å². The predicted octanol–water partition coefficient (Wildman–Crippen LogP) is 0.928. The summed E-state index contributed by atoms with van der Waals surface area (Å²) in [6.07, 6.45) is 1.04. The molecule has 1 unspecified atom stereocenters. The van der Waals surface area contributed by atoms with E-state index in [1.807, 2.05) is 0 Å². The molecule has 1 fully saturated rings. The fourth-order valence-corrected chi connectivity index (χ4v) is 4.34. The standard InChI is InChI=1S/C17H22N2O7S2/c1-10(15(20)19-7-3-4-13(19)16(21)22)9-27-17(23)12-8-11(28(18,24)25)5-6-14(12)26-2/h5-6,8,10,13H,3-4,7,9H2,1-2H3,(H,21,22)(H2,18,24,25)/t10?,13-/m0/s1. The van der Waals surface area contributed by atoms with Crippen LogP contribution < -0.4 is 9.88 Å². The number of hydrogen-bond donors (Lipinski definition) is 2. The Hall–Kier alpha value is -2.11. The number of methoxy groups -OCH3 is 1. The summed E-state index contributed by atoms with van der Waals surface area (Å²) in [6, 6.07) is 2.88. The van der Waals surface area contributed by atoms with Gasteiger partial charge in [-0.1, -0.05) is 18.7 Å². The van der Waals surface area contributed by atoms with E-state index >= 15 is 0 Å². The third kappa shape index (κ3) is 5.03. The van der Waals surface area contributed by atoms with E-state index < -0.39 is 33.1 Å². The molecule has 0 radical (unpaired) electrons. The van der Waals surface area contributed by atoms with Crippen molar-refractivity contribution in [3.63, 3.8) is 0 Å². The molecular weight excluding hydrogens is 408 g/mol. The van der Waals surface area contributed by atoms with E-state index in [0.29, 0.717) is 19.4 Å². The summed E-state index contributed by atoms with van der Waals surface area (Å²) in [4.78, 5) is 37.4. The molecule has 1 amide bonds. The lowest BCUT2D eigenvalue weighted by atomic mass is 10.1. The zero-order chi connectivity index (χ0) is 21.1. The molecule has 3 N–H and O–H groups in total. The van der Waals surface area contributed by atoms with E-state index in [4.69, 9.17) is 9.88 Å². The van der Waals surface area contributed by atoms with Crippen molar-refractivity contribution in [2.75, 3.05) is 19.4 Å². The Morgan fingerprint density at radius 1 is 1.39 bits per heavy atom. The Kier molecular flexibility index (Phi) is 7.07. The summed E-state index contributed by atoms with van der Waals surface area (Å²) in [5, 5.41) is 13.8. The molecule has 9 nitrogen and oxygen atoms in total. The van der Waals surface area contributed by atoms with Gasteiger partial charge in [0.25, 0.3) is 0 Å². The molecule has 0 saturated carbocycles. The fraction of sp³-hybridized carbons (Fsp3) is 0.471. The van der Waals surface area contributed by atoms with Crippen molar-refractivity contribution >= 4 is 38.8 Å². The van der Waals surface area contributed by atoms with E-state index in [0.717, 1.165) is 17.8 Å². The van der Waals surface area contributed by atoms with Crippen molar-refractivity contribution in [3.8, 4) is 5.75 Å². The highest BCUT2D eigenvalue weighted by atomic mass is 32.2. The number of hydrogen-bond acceptors (Lipinski definition) is 7. The van der Waals surface area contributed by atoms with E-state index in [1.165, 1.54) is 24.1 Å². The molecule has 0 spiro atoms. The van der Waals surface area contributed by atoms with Gasteiger partial charge in [-0.05, 0) is 31.0 Å². The largest absolute Gasteiger partial charge is 0.496 e. The summed E-state index contributed by atoms with van der Waals surface area (Å²) in [7, 11) is -2.64. The number of sulfonamides is 1. The number of carbonyl (C=O) groups excluding carboxylic acids is 2. The maximum atomic E-state index is 12.6. The molecule has 1 aliphatic rings. The number of primary sulfonamides is 1. The van der Waals surface area contributed by atoms with Crippen molar-refractivity contribution < 1.29 is 32.6 Å². The van der Waals surface area contributed by atoms with Crippen LogP contribution in [0.5, 0.6) is 5.75 Å². The maximum absolute atomic E-state index is 12.6. The van der Waals surface area contributed by atoms with E-state index in [2.05, 4.69) is 0 Å². The number of ether oxygens (including phenoxy) is 1. The molecule has 2 atom stereocenters. The first-order valence-electron chi connectivity index (χ1n) is 8.47. The number of carboxylic acids is 1. The minimum absolute atomic E-state index is 0.0308. The van der Waals surface area contributed by atoms with Crippen molar-refractivity contribution in [1.29, 1.82) is 0 Å². The minimum atomic E-state index is -3.99. The lowest BCUT2D eigenvalue weighted by Crippen LogP contribution is -2.43. The van der Waals surface area contributed by atoms with E-state index in [1.54, 1.807) is 6.92 Å². The van der Waals surface area contributed by atoms with Crippen molar-refractivity contribution in [1.82, 2.24) is 4.90 Å². The van der Waals surface area contributed by atoms with Gasteiger partial charge in [-0.25, -0.2) is 18.4 Å². The van der Waals surface area contributed by atoms with Crippen molar-refractivity contribution in [2.24, 2.45) is 11.1 Å². The Bertz CT molecular complexity index is 885. The fourth-order valence-electron chi connectivity index (χ4n) is 2.94. The highest BCUT2D eigenvalue weighted by Crippen LogP contribution is 2.28. The Labute approximate surface area is 167 Å². The molecule has 154 valence electrons. The van der Waals surface area contributed by atoms with Gasteiger partial charge in [0.1, 0.15) is 11.8 Å². The molecule has 1 aliphatic heterocycles. The van der Waals surface area contributed by atoms with E-state index in [-0.39, 0.29) is 27.9 Å². The molecule has 0 aliphatic carbocycles. The van der Waals surface area contributed by atoms with Gasteiger partial charge in [0.2, 0.25) is 21.0 Å². The molecule has 1 saturated heterocycles.